The lowest BCUT2D eigenvalue weighted by Gasteiger charge is -2.14. The first-order chi connectivity index (χ1) is 8.46. The third-order valence-corrected chi connectivity index (χ3v) is 5.72. The molecule has 1 N–H and O–H groups in total. The van der Waals surface area contributed by atoms with Crippen molar-refractivity contribution in [2.24, 2.45) is 0 Å². The summed E-state index contributed by atoms with van der Waals surface area (Å²) in [6, 6.07) is 0.308. The topological polar surface area (TPSA) is 59.1 Å². The third-order valence-electron chi connectivity index (χ3n) is 2.94. The minimum Gasteiger partial charge on any atom is -0.317 e. The van der Waals surface area contributed by atoms with Crippen molar-refractivity contribution in [2.75, 3.05) is 18.6 Å². The van der Waals surface area contributed by atoms with Crippen LogP contribution in [0.2, 0.25) is 0 Å². The SMILES string of the molecule is CCS(=O)(=O)CCCC(Cc1nc(C)cs1)NC. The van der Waals surface area contributed by atoms with Gasteiger partial charge in [-0.25, -0.2) is 13.4 Å². The van der Waals surface area contributed by atoms with Gasteiger partial charge in [-0.2, -0.15) is 0 Å². The van der Waals surface area contributed by atoms with E-state index in [9.17, 15) is 8.42 Å². The number of nitrogens with one attached hydrogen (secondary N) is 1. The second-order valence-electron chi connectivity index (χ2n) is 4.45. The third kappa shape index (κ3) is 5.46. The Morgan fingerprint density at radius 2 is 2.22 bits per heavy atom. The second kappa shape index (κ2) is 7.21. The van der Waals surface area contributed by atoms with E-state index in [2.05, 4.69) is 10.3 Å². The summed E-state index contributed by atoms with van der Waals surface area (Å²) in [4.78, 5) is 4.43. The minimum absolute atomic E-state index is 0.239. The summed E-state index contributed by atoms with van der Waals surface area (Å²) >= 11 is 1.67. The fourth-order valence-corrected chi connectivity index (χ4v) is 3.50. The van der Waals surface area contributed by atoms with Crippen LogP contribution in [0.4, 0.5) is 0 Å². The van der Waals surface area contributed by atoms with Crippen LogP contribution in [-0.2, 0) is 16.3 Å². The highest BCUT2D eigenvalue weighted by Crippen LogP contribution is 2.13. The zero-order valence-electron chi connectivity index (χ0n) is 11.3. The lowest BCUT2D eigenvalue weighted by atomic mass is 10.1. The molecule has 0 radical (unpaired) electrons. The molecule has 0 bridgehead atoms. The molecular weight excluding hydrogens is 268 g/mol. The van der Waals surface area contributed by atoms with Crippen molar-refractivity contribution in [3.63, 3.8) is 0 Å². The standard InChI is InChI=1S/C12H22N2O2S2/c1-4-18(15,16)7-5-6-11(13-3)8-12-14-10(2)9-17-12/h9,11,13H,4-8H2,1-3H3. The molecular formula is C12H22N2O2S2. The fraction of sp³-hybridized carbons (Fsp3) is 0.750. The van der Waals surface area contributed by atoms with Gasteiger partial charge in [0.25, 0.3) is 0 Å². The maximum absolute atomic E-state index is 11.4. The first kappa shape index (κ1) is 15.6. The van der Waals surface area contributed by atoms with Gasteiger partial charge in [-0.1, -0.05) is 6.92 Å². The molecule has 1 aromatic rings. The number of nitrogens with zero attached hydrogens (tertiary/aromatic N) is 1. The first-order valence-electron chi connectivity index (χ1n) is 6.25. The lowest BCUT2D eigenvalue weighted by Crippen LogP contribution is -2.28. The summed E-state index contributed by atoms with van der Waals surface area (Å²) in [5.74, 6) is 0.529. The molecule has 1 aromatic heterocycles. The molecule has 0 spiro atoms. The highest BCUT2D eigenvalue weighted by molar-refractivity contribution is 7.91. The Balaban J connectivity index is 2.39. The predicted octanol–water partition coefficient (Wildman–Crippen LogP) is 1.80. The molecule has 0 fully saturated rings. The van der Waals surface area contributed by atoms with Crippen molar-refractivity contribution < 1.29 is 8.42 Å². The highest BCUT2D eigenvalue weighted by atomic mass is 32.2. The first-order valence-corrected chi connectivity index (χ1v) is 8.95. The average Bonchev–Trinajstić information content (AvgIpc) is 2.73. The Kier molecular flexibility index (Phi) is 6.25. The molecule has 1 heterocycles. The zero-order chi connectivity index (χ0) is 13.6. The molecule has 1 unspecified atom stereocenters. The predicted molar refractivity (Wildman–Crippen MR) is 77.0 cm³/mol. The van der Waals surface area contributed by atoms with Gasteiger partial charge < -0.3 is 5.32 Å². The molecule has 1 atom stereocenters. The molecule has 104 valence electrons. The van der Waals surface area contributed by atoms with Gasteiger partial charge in [0.15, 0.2) is 0 Å². The Hall–Kier alpha value is -0.460. The van der Waals surface area contributed by atoms with E-state index >= 15 is 0 Å². The molecule has 0 aliphatic heterocycles. The zero-order valence-corrected chi connectivity index (χ0v) is 12.9. The molecule has 0 aromatic carbocycles. The monoisotopic (exact) mass is 290 g/mol. The van der Waals surface area contributed by atoms with Gasteiger partial charge in [-0.15, -0.1) is 11.3 Å². The number of rotatable bonds is 8. The van der Waals surface area contributed by atoms with Crippen LogP contribution in [0.3, 0.4) is 0 Å². The van der Waals surface area contributed by atoms with Gasteiger partial charge in [-0.3, -0.25) is 0 Å². The molecule has 4 nitrogen and oxygen atoms in total. The molecule has 18 heavy (non-hydrogen) atoms. The van der Waals surface area contributed by atoms with Gasteiger partial charge in [-0.05, 0) is 26.8 Å². The summed E-state index contributed by atoms with van der Waals surface area (Å²) in [7, 11) is -0.917. The van der Waals surface area contributed by atoms with E-state index in [1.807, 2.05) is 19.4 Å². The summed E-state index contributed by atoms with van der Waals surface area (Å²) in [6.07, 6.45) is 2.46. The summed E-state index contributed by atoms with van der Waals surface area (Å²) in [5, 5.41) is 6.40. The minimum atomic E-state index is -2.83. The molecule has 6 heteroatoms. The van der Waals surface area contributed by atoms with E-state index < -0.39 is 9.84 Å². The Bertz CT molecular complexity index is 454. The van der Waals surface area contributed by atoms with Gasteiger partial charge in [0.05, 0.1) is 10.8 Å². The van der Waals surface area contributed by atoms with E-state index in [1.54, 1.807) is 18.3 Å². The molecule has 0 aliphatic carbocycles. The molecule has 0 aliphatic rings. The van der Waals surface area contributed by atoms with E-state index in [0.717, 1.165) is 23.5 Å². The van der Waals surface area contributed by atoms with Crippen LogP contribution in [0.1, 0.15) is 30.5 Å². The summed E-state index contributed by atoms with van der Waals surface area (Å²) < 4.78 is 22.8. The Morgan fingerprint density at radius 1 is 1.50 bits per heavy atom. The van der Waals surface area contributed by atoms with Crippen LogP contribution >= 0.6 is 11.3 Å². The van der Waals surface area contributed by atoms with Crippen LogP contribution in [0.25, 0.3) is 0 Å². The molecule has 0 amide bonds. The maximum atomic E-state index is 11.4. The van der Waals surface area contributed by atoms with Gasteiger partial charge in [0.2, 0.25) is 0 Å². The number of aryl methyl sites for hydroxylation is 1. The molecule has 0 saturated heterocycles. The van der Waals surface area contributed by atoms with Crippen molar-refractivity contribution in [1.29, 1.82) is 0 Å². The van der Waals surface area contributed by atoms with Crippen LogP contribution in [-0.4, -0.2) is 38.0 Å². The molecule has 1 rings (SSSR count). The van der Waals surface area contributed by atoms with Gasteiger partial charge in [0, 0.05) is 29.3 Å². The van der Waals surface area contributed by atoms with E-state index in [0.29, 0.717) is 18.2 Å². The Morgan fingerprint density at radius 3 is 2.72 bits per heavy atom. The van der Waals surface area contributed by atoms with Crippen molar-refractivity contribution in [3.05, 3.63) is 16.1 Å². The van der Waals surface area contributed by atoms with Gasteiger partial charge >= 0.3 is 0 Å². The maximum Gasteiger partial charge on any atom is 0.150 e. The van der Waals surface area contributed by atoms with E-state index in [4.69, 9.17) is 0 Å². The smallest absolute Gasteiger partial charge is 0.150 e. The normalized spacial score (nSPS) is 13.7. The van der Waals surface area contributed by atoms with Crippen molar-refractivity contribution in [1.82, 2.24) is 10.3 Å². The Labute approximate surface area is 114 Å². The van der Waals surface area contributed by atoms with Crippen LogP contribution in [0, 0.1) is 6.92 Å². The summed E-state index contributed by atoms with van der Waals surface area (Å²) in [5.41, 5.74) is 1.05. The van der Waals surface area contributed by atoms with Crippen LogP contribution in [0.15, 0.2) is 5.38 Å². The molecule has 0 saturated carbocycles. The van der Waals surface area contributed by atoms with Crippen molar-refractivity contribution in [2.45, 2.75) is 39.2 Å². The van der Waals surface area contributed by atoms with Crippen molar-refractivity contribution >= 4 is 21.2 Å². The lowest BCUT2D eigenvalue weighted by molar-refractivity contribution is 0.510. The average molecular weight is 290 g/mol. The second-order valence-corrected chi connectivity index (χ2v) is 7.87. The van der Waals surface area contributed by atoms with Gasteiger partial charge in [0.1, 0.15) is 9.84 Å². The number of hydrogen-bond donors (Lipinski definition) is 1. The fourth-order valence-electron chi connectivity index (χ4n) is 1.75. The van der Waals surface area contributed by atoms with E-state index in [1.165, 1.54) is 0 Å². The quantitative estimate of drug-likeness (QED) is 0.793. The number of thiazole rings is 1. The number of likely N-dealkylation sites (N-methyl/N-ethyl adjacent to an activating group) is 1. The number of hydrogen-bond acceptors (Lipinski definition) is 5. The van der Waals surface area contributed by atoms with Crippen LogP contribution in [0.5, 0.6) is 0 Å². The highest BCUT2D eigenvalue weighted by Gasteiger charge is 2.12. The van der Waals surface area contributed by atoms with E-state index in [-0.39, 0.29) is 5.75 Å². The van der Waals surface area contributed by atoms with Crippen LogP contribution < -0.4 is 5.32 Å². The number of sulfone groups is 1. The number of aromatic nitrogens is 1. The summed E-state index contributed by atoms with van der Waals surface area (Å²) in [6.45, 7) is 3.69. The largest absolute Gasteiger partial charge is 0.317 e. The van der Waals surface area contributed by atoms with Crippen molar-refractivity contribution in [3.8, 4) is 0 Å².